The van der Waals surface area contributed by atoms with Crippen molar-refractivity contribution in [3.63, 3.8) is 0 Å². The van der Waals surface area contributed by atoms with E-state index in [2.05, 4.69) is 10.2 Å². The summed E-state index contributed by atoms with van der Waals surface area (Å²) in [7, 11) is 0. The summed E-state index contributed by atoms with van der Waals surface area (Å²) in [5, 5.41) is 2.41. The molecule has 0 aromatic heterocycles. The molecule has 2 aliphatic heterocycles. The Morgan fingerprint density at radius 2 is 1.64 bits per heavy atom. The van der Waals surface area contributed by atoms with Crippen LogP contribution < -0.4 is 5.32 Å². The lowest BCUT2D eigenvalue weighted by Crippen LogP contribution is -2.41. The van der Waals surface area contributed by atoms with Gasteiger partial charge < -0.3 is 0 Å². The van der Waals surface area contributed by atoms with Gasteiger partial charge in [-0.1, -0.05) is 6.42 Å². The van der Waals surface area contributed by atoms with Crippen LogP contribution in [0.4, 0.5) is 0 Å². The van der Waals surface area contributed by atoms with Crippen LogP contribution in [0.1, 0.15) is 19.3 Å². The van der Waals surface area contributed by atoms with Gasteiger partial charge in [0.1, 0.15) is 0 Å². The molecule has 0 aromatic carbocycles. The van der Waals surface area contributed by atoms with Gasteiger partial charge in [-0.3, -0.25) is 19.8 Å². The number of amides is 2. The van der Waals surface area contributed by atoms with Gasteiger partial charge in [-0.15, -0.1) is 0 Å². The molecule has 2 amide bonds. The van der Waals surface area contributed by atoms with Crippen LogP contribution in [-0.2, 0) is 9.59 Å². The molecule has 2 heterocycles. The van der Waals surface area contributed by atoms with E-state index < -0.39 is 0 Å². The second-order valence-electron chi connectivity index (χ2n) is 4.61. The first-order valence-electron chi connectivity index (χ1n) is 5.34. The maximum absolute atomic E-state index is 11.4. The molecular formula is C10H14N2O2. The van der Waals surface area contributed by atoms with E-state index in [0.717, 1.165) is 13.1 Å². The topological polar surface area (TPSA) is 49.4 Å². The normalized spacial score (nSPS) is 38.3. The van der Waals surface area contributed by atoms with E-state index in [1.807, 2.05) is 0 Å². The summed E-state index contributed by atoms with van der Waals surface area (Å²) in [5.41, 5.74) is 0. The van der Waals surface area contributed by atoms with Crippen molar-refractivity contribution in [1.82, 2.24) is 10.2 Å². The SMILES string of the molecule is O=C1NC(=O)[C@@H]2CN(C3CCC3)C[C@H]12. The van der Waals surface area contributed by atoms with Gasteiger partial charge in [-0.05, 0) is 12.8 Å². The van der Waals surface area contributed by atoms with Crippen LogP contribution in [0.2, 0.25) is 0 Å². The molecule has 76 valence electrons. The minimum Gasteiger partial charge on any atom is -0.299 e. The Kier molecular flexibility index (Phi) is 1.68. The molecule has 3 aliphatic rings. The molecule has 14 heavy (non-hydrogen) atoms. The summed E-state index contributed by atoms with van der Waals surface area (Å²) in [5.74, 6) is -0.213. The Morgan fingerprint density at radius 1 is 1.07 bits per heavy atom. The highest BCUT2D eigenvalue weighted by Crippen LogP contribution is 2.34. The Bertz CT molecular complexity index is 276. The van der Waals surface area contributed by atoms with Crippen LogP contribution >= 0.6 is 0 Å². The van der Waals surface area contributed by atoms with Gasteiger partial charge in [-0.2, -0.15) is 0 Å². The Hall–Kier alpha value is -0.900. The number of hydrogen-bond acceptors (Lipinski definition) is 3. The lowest BCUT2D eigenvalue weighted by molar-refractivity contribution is -0.127. The van der Waals surface area contributed by atoms with Gasteiger partial charge in [0.15, 0.2) is 0 Å². The minimum absolute atomic E-state index is 0.0527. The van der Waals surface area contributed by atoms with E-state index in [4.69, 9.17) is 0 Å². The van der Waals surface area contributed by atoms with E-state index in [1.165, 1.54) is 19.3 Å². The van der Waals surface area contributed by atoms with Crippen molar-refractivity contribution >= 4 is 11.8 Å². The predicted octanol–water partition coefficient (Wildman–Crippen LogP) is -0.257. The third-order valence-corrected chi connectivity index (χ3v) is 3.86. The third-order valence-electron chi connectivity index (χ3n) is 3.86. The highest BCUT2D eigenvalue weighted by atomic mass is 16.2. The summed E-state index contributed by atoms with van der Waals surface area (Å²) in [6, 6.07) is 0.654. The van der Waals surface area contributed by atoms with Crippen molar-refractivity contribution in [2.45, 2.75) is 25.3 Å². The summed E-state index contributed by atoms with van der Waals surface area (Å²) < 4.78 is 0. The average Bonchev–Trinajstić information content (AvgIpc) is 2.53. The number of fused-ring (bicyclic) bond motifs is 1. The summed E-state index contributed by atoms with van der Waals surface area (Å²) in [4.78, 5) is 25.1. The molecule has 0 spiro atoms. The maximum Gasteiger partial charge on any atom is 0.231 e. The fourth-order valence-corrected chi connectivity index (χ4v) is 2.72. The first kappa shape index (κ1) is 8.41. The van der Waals surface area contributed by atoms with E-state index in [1.54, 1.807) is 0 Å². The predicted molar refractivity (Wildman–Crippen MR) is 49.3 cm³/mol. The Morgan fingerprint density at radius 3 is 2.07 bits per heavy atom. The molecule has 3 rings (SSSR count). The molecule has 0 bridgehead atoms. The molecular weight excluding hydrogens is 180 g/mol. The van der Waals surface area contributed by atoms with Crippen LogP contribution in [-0.4, -0.2) is 35.8 Å². The maximum atomic E-state index is 11.4. The molecule has 0 unspecified atom stereocenters. The first-order chi connectivity index (χ1) is 6.75. The summed E-state index contributed by atoms with van der Waals surface area (Å²) in [6.07, 6.45) is 3.79. The molecule has 1 aliphatic carbocycles. The molecule has 0 radical (unpaired) electrons. The van der Waals surface area contributed by atoms with Crippen LogP contribution in [0.3, 0.4) is 0 Å². The van der Waals surface area contributed by atoms with E-state index in [0.29, 0.717) is 6.04 Å². The Balaban J connectivity index is 1.74. The van der Waals surface area contributed by atoms with Crippen LogP contribution in [0.25, 0.3) is 0 Å². The van der Waals surface area contributed by atoms with Crippen LogP contribution in [0, 0.1) is 11.8 Å². The molecule has 4 nitrogen and oxygen atoms in total. The monoisotopic (exact) mass is 194 g/mol. The van der Waals surface area contributed by atoms with Crippen molar-refractivity contribution in [3.8, 4) is 0 Å². The lowest BCUT2D eigenvalue weighted by Gasteiger charge is -2.34. The summed E-state index contributed by atoms with van der Waals surface area (Å²) in [6.45, 7) is 1.60. The zero-order valence-electron chi connectivity index (χ0n) is 8.03. The Labute approximate surface area is 82.6 Å². The zero-order valence-corrected chi connectivity index (χ0v) is 8.03. The van der Waals surface area contributed by atoms with Gasteiger partial charge in [0.2, 0.25) is 11.8 Å². The number of nitrogens with zero attached hydrogens (tertiary/aromatic N) is 1. The number of likely N-dealkylation sites (tertiary alicyclic amines) is 1. The fraction of sp³-hybridized carbons (Fsp3) is 0.800. The molecule has 2 atom stereocenters. The number of carbonyl (C=O) groups excluding carboxylic acids is 2. The molecule has 2 saturated heterocycles. The van der Waals surface area contributed by atoms with Crippen molar-refractivity contribution < 1.29 is 9.59 Å². The molecule has 1 N–H and O–H groups in total. The van der Waals surface area contributed by atoms with Gasteiger partial charge in [0, 0.05) is 19.1 Å². The van der Waals surface area contributed by atoms with E-state index in [-0.39, 0.29) is 23.7 Å². The smallest absolute Gasteiger partial charge is 0.231 e. The number of imide groups is 1. The first-order valence-corrected chi connectivity index (χ1v) is 5.34. The molecule has 4 heteroatoms. The quantitative estimate of drug-likeness (QED) is 0.585. The van der Waals surface area contributed by atoms with Crippen molar-refractivity contribution in [2.24, 2.45) is 11.8 Å². The van der Waals surface area contributed by atoms with Crippen molar-refractivity contribution in [2.75, 3.05) is 13.1 Å². The largest absolute Gasteiger partial charge is 0.299 e. The standard InChI is InChI=1S/C10H14N2O2/c13-9-7-4-12(6-2-1-3-6)5-8(7)10(14)11-9/h6-8H,1-5H2,(H,11,13,14)/t7-,8+. The molecule has 3 fully saturated rings. The number of hydrogen-bond donors (Lipinski definition) is 1. The second-order valence-corrected chi connectivity index (χ2v) is 4.61. The summed E-state index contributed by atoms with van der Waals surface area (Å²) >= 11 is 0. The van der Waals surface area contributed by atoms with E-state index in [9.17, 15) is 9.59 Å². The highest BCUT2D eigenvalue weighted by Gasteiger charge is 2.49. The van der Waals surface area contributed by atoms with Crippen LogP contribution in [0.15, 0.2) is 0 Å². The van der Waals surface area contributed by atoms with Crippen molar-refractivity contribution in [3.05, 3.63) is 0 Å². The second kappa shape index (κ2) is 2.79. The van der Waals surface area contributed by atoms with Gasteiger partial charge >= 0.3 is 0 Å². The van der Waals surface area contributed by atoms with Gasteiger partial charge in [0.05, 0.1) is 11.8 Å². The third kappa shape index (κ3) is 1.03. The van der Waals surface area contributed by atoms with Gasteiger partial charge in [-0.25, -0.2) is 0 Å². The van der Waals surface area contributed by atoms with Crippen LogP contribution in [0.5, 0.6) is 0 Å². The average molecular weight is 194 g/mol. The number of rotatable bonds is 1. The van der Waals surface area contributed by atoms with Gasteiger partial charge in [0.25, 0.3) is 0 Å². The number of carbonyl (C=O) groups is 2. The molecule has 1 saturated carbocycles. The fourth-order valence-electron chi connectivity index (χ4n) is 2.72. The minimum atomic E-state index is -0.0539. The lowest BCUT2D eigenvalue weighted by atomic mass is 9.92. The zero-order chi connectivity index (χ0) is 9.71. The number of nitrogens with one attached hydrogen (secondary N) is 1. The van der Waals surface area contributed by atoms with E-state index >= 15 is 0 Å². The van der Waals surface area contributed by atoms with Crippen molar-refractivity contribution in [1.29, 1.82) is 0 Å². The molecule has 0 aromatic rings. The highest BCUT2D eigenvalue weighted by molar-refractivity contribution is 6.05.